The van der Waals surface area contributed by atoms with Gasteiger partial charge in [-0.3, -0.25) is 18.8 Å². The van der Waals surface area contributed by atoms with Gasteiger partial charge in [0.15, 0.2) is 0 Å². The van der Waals surface area contributed by atoms with E-state index in [1.807, 2.05) is 0 Å². The Bertz CT molecular complexity index is 334. The van der Waals surface area contributed by atoms with Gasteiger partial charge in [0.2, 0.25) is 0 Å². The van der Waals surface area contributed by atoms with Crippen LogP contribution in [0, 0.1) is 0 Å². The Labute approximate surface area is 95.8 Å². The number of aliphatic carboxylic acids is 1. The molecule has 0 aromatic rings. The van der Waals surface area contributed by atoms with Crippen LogP contribution in [-0.2, 0) is 13.9 Å². The first-order chi connectivity index (χ1) is 7.46. The first-order valence-corrected chi connectivity index (χ1v) is 7.72. The predicted molar refractivity (Wildman–Crippen MR) is 54.2 cm³/mol. The zero-order chi connectivity index (χ0) is 13.9. The highest BCUT2D eigenvalue weighted by Crippen LogP contribution is 2.41. The quantitative estimate of drug-likeness (QED) is 0.288. The van der Waals surface area contributed by atoms with Gasteiger partial charge in [0, 0.05) is 0 Å². The molecule has 0 aliphatic heterocycles. The zero-order valence-corrected chi connectivity index (χ0v) is 10.2. The first kappa shape index (κ1) is 16.7. The summed E-state index contributed by atoms with van der Waals surface area (Å²) in [4.78, 5) is 45.6. The first-order valence-electron chi connectivity index (χ1n) is 4.13. The van der Waals surface area contributed by atoms with E-state index in [1.54, 1.807) is 0 Å². The second-order valence-electron chi connectivity index (χ2n) is 3.24. The van der Waals surface area contributed by atoms with Crippen LogP contribution < -0.4 is 0 Å². The molecule has 0 aromatic heterocycles. The Balaban J connectivity index is 5.02. The highest BCUT2D eigenvalue weighted by atomic mass is 31.2. The molecule has 10 nitrogen and oxygen atoms in total. The molecule has 0 spiro atoms. The molecular formula is C5H13NO9P2. The van der Waals surface area contributed by atoms with Crippen molar-refractivity contribution in [2.75, 3.05) is 19.2 Å². The van der Waals surface area contributed by atoms with E-state index in [2.05, 4.69) is 0 Å². The summed E-state index contributed by atoms with van der Waals surface area (Å²) in [5.41, 5.74) is 0. The Morgan fingerprint density at radius 2 is 1.41 bits per heavy atom. The largest absolute Gasteiger partial charge is 0.480 e. The van der Waals surface area contributed by atoms with Crippen molar-refractivity contribution in [1.82, 2.24) is 4.90 Å². The molecule has 0 rings (SSSR count). The Hall–Kier alpha value is -0.310. The summed E-state index contributed by atoms with van der Waals surface area (Å²) in [6.07, 6.45) is -2.34. The van der Waals surface area contributed by atoms with Crippen LogP contribution in [0.3, 0.4) is 0 Å². The molecule has 1 unspecified atom stereocenters. The van der Waals surface area contributed by atoms with Gasteiger partial charge in [0.05, 0.1) is 6.61 Å². The van der Waals surface area contributed by atoms with Crippen molar-refractivity contribution in [2.24, 2.45) is 0 Å². The SMILES string of the molecule is O=C(O)C(CO)N(CP(=O)(O)O)CP(=O)(O)O. The molecule has 0 saturated heterocycles. The van der Waals surface area contributed by atoms with Gasteiger partial charge in [-0.05, 0) is 0 Å². The van der Waals surface area contributed by atoms with Crippen LogP contribution in [0.2, 0.25) is 0 Å². The minimum Gasteiger partial charge on any atom is -0.480 e. The normalized spacial score (nSPS) is 14.9. The number of aliphatic hydroxyl groups excluding tert-OH is 1. The third-order valence-corrected chi connectivity index (χ3v) is 3.09. The number of aliphatic hydroxyl groups is 1. The summed E-state index contributed by atoms with van der Waals surface area (Å²) in [5, 5.41) is 17.4. The fraction of sp³-hybridized carbons (Fsp3) is 0.800. The summed E-state index contributed by atoms with van der Waals surface area (Å²) in [6, 6.07) is -1.80. The summed E-state index contributed by atoms with van der Waals surface area (Å²) >= 11 is 0. The second-order valence-corrected chi connectivity index (χ2v) is 6.46. The van der Waals surface area contributed by atoms with Crippen LogP contribution in [0.25, 0.3) is 0 Å². The van der Waals surface area contributed by atoms with Gasteiger partial charge in [-0.15, -0.1) is 0 Å². The fourth-order valence-electron chi connectivity index (χ4n) is 1.06. The molecule has 0 amide bonds. The van der Waals surface area contributed by atoms with Gasteiger partial charge < -0.3 is 29.8 Å². The van der Waals surface area contributed by atoms with Crippen molar-refractivity contribution < 1.29 is 43.7 Å². The van der Waals surface area contributed by atoms with Crippen LogP contribution in [0.1, 0.15) is 0 Å². The van der Waals surface area contributed by atoms with Gasteiger partial charge in [-0.25, -0.2) is 0 Å². The van der Waals surface area contributed by atoms with Gasteiger partial charge in [-0.1, -0.05) is 0 Å². The van der Waals surface area contributed by atoms with Gasteiger partial charge >= 0.3 is 21.2 Å². The molecule has 0 heterocycles. The van der Waals surface area contributed by atoms with E-state index in [9.17, 15) is 13.9 Å². The lowest BCUT2D eigenvalue weighted by atomic mass is 10.3. The smallest absolute Gasteiger partial charge is 0.339 e. The van der Waals surface area contributed by atoms with E-state index in [-0.39, 0.29) is 0 Å². The molecule has 0 saturated carbocycles. The second kappa shape index (κ2) is 6.03. The van der Waals surface area contributed by atoms with E-state index in [0.717, 1.165) is 0 Å². The van der Waals surface area contributed by atoms with E-state index in [1.165, 1.54) is 0 Å². The van der Waals surface area contributed by atoms with Crippen LogP contribution in [0.4, 0.5) is 0 Å². The molecule has 17 heavy (non-hydrogen) atoms. The van der Waals surface area contributed by atoms with E-state index < -0.39 is 46.4 Å². The minimum absolute atomic E-state index is 0.337. The average Bonchev–Trinajstić information content (AvgIpc) is 1.96. The summed E-state index contributed by atoms with van der Waals surface area (Å²) in [5.74, 6) is -1.64. The lowest BCUT2D eigenvalue weighted by Crippen LogP contribution is -2.44. The lowest BCUT2D eigenvalue weighted by molar-refractivity contribution is -0.144. The number of hydrogen-bond acceptors (Lipinski definition) is 5. The standard InChI is InChI=1S/C5H13NO9P2/c7-1-4(5(8)9)6(2-16(10,11)12)3-17(13,14)15/h4,7H,1-3H2,(H,8,9)(H2,10,11,12)(H2,13,14,15). The maximum absolute atomic E-state index is 10.7. The van der Waals surface area contributed by atoms with Crippen molar-refractivity contribution in [1.29, 1.82) is 0 Å². The molecule has 0 aromatic carbocycles. The molecule has 0 fully saturated rings. The van der Waals surface area contributed by atoms with Gasteiger partial charge in [0.25, 0.3) is 0 Å². The van der Waals surface area contributed by atoms with Crippen molar-refractivity contribution in [3.63, 3.8) is 0 Å². The van der Waals surface area contributed by atoms with Gasteiger partial charge in [-0.2, -0.15) is 0 Å². The zero-order valence-electron chi connectivity index (χ0n) is 8.45. The van der Waals surface area contributed by atoms with Crippen LogP contribution in [0.15, 0.2) is 0 Å². The monoisotopic (exact) mass is 293 g/mol. The maximum Gasteiger partial charge on any atom is 0.339 e. The minimum atomic E-state index is -4.71. The number of hydrogen-bond donors (Lipinski definition) is 6. The number of nitrogens with zero attached hydrogens (tertiary/aromatic N) is 1. The summed E-state index contributed by atoms with van der Waals surface area (Å²) in [6.45, 7) is -1.03. The van der Waals surface area contributed by atoms with E-state index in [0.29, 0.717) is 4.90 Å². The number of carboxylic acids is 1. The molecule has 6 N–H and O–H groups in total. The predicted octanol–water partition coefficient (Wildman–Crippen LogP) is -2.00. The van der Waals surface area contributed by atoms with Crippen LogP contribution in [-0.4, -0.2) is 65.9 Å². The molecule has 12 heteroatoms. The fourth-order valence-corrected chi connectivity index (χ4v) is 2.76. The highest BCUT2D eigenvalue weighted by molar-refractivity contribution is 7.52. The summed E-state index contributed by atoms with van der Waals surface area (Å²) < 4.78 is 21.4. The molecule has 0 aliphatic rings. The Morgan fingerprint density at radius 3 is 1.59 bits per heavy atom. The van der Waals surface area contributed by atoms with Crippen molar-refractivity contribution >= 4 is 21.2 Å². The van der Waals surface area contributed by atoms with E-state index >= 15 is 0 Å². The van der Waals surface area contributed by atoms with Crippen molar-refractivity contribution in [3.8, 4) is 0 Å². The molecule has 0 radical (unpaired) electrons. The topological polar surface area (TPSA) is 176 Å². The van der Waals surface area contributed by atoms with Crippen LogP contribution >= 0.6 is 15.2 Å². The molecule has 102 valence electrons. The third-order valence-electron chi connectivity index (χ3n) is 1.63. The number of rotatable bonds is 7. The Morgan fingerprint density at radius 1 is 1.06 bits per heavy atom. The molecular weight excluding hydrogens is 280 g/mol. The van der Waals surface area contributed by atoms with Gasteiger partial charge in [0.1, 0.15) is 18.6 Å². The highest BCUT2D eigenvalue weighted by Gasteiger charge is 2.34. The van der Waals surface area contributed by atoms with Crippen molar-refractivity contribution in [2.45, 2.75) is 6.04 Å². The molecule has 0 bridgehead atoms. The maximum atomic E-state index is 10.7. The average molecular weight is 293 g/mol. The van der Waals surface area contributed by atoms with E-state index in [4.69, 9.17) is 29.8 Å². The third kappa shape index (κ3) is 7.58. The Kier molecular flexibility index (Phi) is 5.92. The number of carboxylic acid groups (broad SMARTS) is 1. The summed E-state index contributed by atoms with van der Waals surface area (Å²) in [7, 11) is -9.41. The number of carbonyl (C=O) groups is 1. The lowest BCUT2D eigenvalue weighted by Gasteiger charge is -2.27. The molecule has 0 aliphatic carbocycles. The van der Waals surface area contributed by atoms with Crippen LogP contribution in [0.5, 0.6) is 0 Å². The molecule has 1 atom stereocenters. The van der Waals surface area contributed by atoms with Crippen molar-refractivity contribution in [3.05, 3.63) is 0 Å².